The van der Waals surface area contributed by atoms with Crippen molar-refractivity contribution in [2.24, 2.45) is 0 Å². The molecule has 0 amide bonds. The van der Waals surface area contributed by atoms with Gasteiger partial charge in [0.1, 0.15) is 0 Å². The summed E-state index contributed by atoms with van der Waals surface area (Å²) in [4.78, 5) is 12.7. The van der Waals surface area contributed by atoms with Crippen molar-refractivity contribution in [3.8, 4) is 0 Å². The van der Waals surface area contributed by atoms with E-state index >= 15 is 0 Å². The molecular formula is C13H12F4N2O2. The molecule has 0 aliphatic rings. The molecule has 0 saturated carbocycles. The maximum atomic E-state index is 13.8. The summed E-state index contributed by atoms with van der Waals surface area (Å²) in [6.45, 7) is 1.75. The largest absolute Gasteiger partial charge is 0.358 e. The summed E-state index contributed by atoms with van der Waals surface area (Å²) in [5.41, 5.74) is -0.476. The predicted octanol–water partition coefficient (Wildman–Crippen LogP) is 3.71. The second-order valence-corrected chi connectivity index (χ2v) is 4.75. The molecular weight excluding hydrogens is 292 g/mol. The van der Waals surface area contributed by atoms with Crippen LogP contribution in [0.5, 0.6) is 0 Å². The van der Waals surface area contributed by atoms with Crippen LogP contribution in [0.3, 0.4) is 0 Å². The molecule has 0 saturated heterocycles. The van der Waals surface area contributed by atoms with Crippen LogP contribution in [0.1, 0.15) is 25.3 Å². The number of nitrogens with one attached hydrogen (secondary N) is 1. The Kier molecular flexibility index (Phi) is 4.15. The van der Waals surface area contributed by atoms with E-state index in [4.69, 9.17) is 0 Å². The van der Waals surface area contributed by atoms with Gasteiger partial charge in [0.05, 0.1) is 5.52 Å². The Balaban J connectivity index is 2.54. The molecule has 114 valence electrons. The van der Waals surface area contributed by atoms with Crippen LogP contribution < -0.4 is 0 Å². The number of aromatic nitrogens is 1. The first kappa shape index (κ1) is 15.3. The molecule has 0 bridgehead atoms. The van der Waals surface area contributed by atoms with Crippen molar-refractivity contribution < 1.29 is 22.5 Å². The lowest BCUT2D eigenvalue weighted by molar-refractivity contribution is -0.523. The second kappa shape index (κ2) is 5.71. The van der Waals surface area contributed by atoms with E-state index in [-0.39, 0.29) is 18.4 Å². The standard InChI is InChI=1S/C13H12F4N2O2/c1-2-3-7(19(20)21)4-6-5-18-13-8(6)9(14)10(15)11(16)12(13)17/h5,7,18H,2-4H2,1H3. The number of nitro groups is 1. The van der Waals surface area contributed by atoms with E-state index < -0.39 is 45.1 Å². The van der Waals surface area contributed by atoms with Crippen LogP contribution in [-0.4, -0.2) is 15.9 Å². The summed E-state index contributed by atoms with van der Waals surface area (Å²) < 4.78 is 53.8. The Morgan fingerprint density at radius 2 is 1.81 bits per heavy atom. The lowest BCUT2D eigenvalue weighted by Gasteiger charge is -2.08. The zero-order valence-electron chi connectivity index (χ0n) is 11.1. The van der Waals surface area contributed by atoms with Gasteiger partial charge in [-0.25, -0.2) is 17.6 Å². The van der Waals surface area contributed by atoms with Crippen LogP contribution in [0.15, 0.2) is 6.20 Å². The molecule has 0 radical (unpaired) electrons. The fourth-order valence-corrected chi connectivity index (χ4v) is 2.33. The highest BCUT2D eigenvalue weighted by atomic mass is 19.2. The number of aromatic amines is 1. The Morgan fingerprint density at radius 1 is 1.19 bits per heavy atom. The second-order valence-electron chi connectivity index (χ2n) is 4.75. The zero-order chi connectivity index (χ0) is 15.7. The van der Waals surface area contributed by atoms with Crippen molar-refractivity contribution in [1.82, 2.24) is 4.98 Å². The summed E-state index contributed by atoms with van der Waals surface area (Å²) in [5.74, 6) is -6.91. The van der Waals surface area contributed by atoms with Crippen molar-refractivity contribution in [3.05, 3.63) is 45.1 Å². The highest BCUT2D eigenvalue weighted by Gasteiger charge is 2.27. The topological polar surface area (TPSA) is 58.9 Å². The van der Waals surface area contributed by atoms with Crippen molar-refractivity contribution in [3.63, 3.8) is 0 Å². The molecule has 0 spiro atoms. The summed E-state index contributed by atoms with van der Waals surface area (Å²) in [7, 11) is 0. The predicted molar refractivity (Wildman–Crippen MR) is 67.5 cm³/mol. The van der Waals surface area contributed by atoms with Gasteiger partial charge in [0, 0.05) is 29.3 Å². The monoisotopic (exact) mass is 304 g/mol. The first-order valence-corrected chi connectivity index (χ1v) is 6.33. The lowest BCUT2D eigenvalue weighted by Crippen LogP contribution is -2.21. The molecule has 1 aromatic carbocycles. The Hall–Kier alpha value is -2.12. The van der Waals surface area contributed by atoms with Crippen LogP contribution in [0.25, 0.3) is 10.9 Å². The van der Waals surface area contributed by atoms with Gasteiger partial charge in [0.15, 0.2) is 23.3 Å². The van der Waals surface area contributed by atoms with Crippen molar-refractivity contribution in [1.29, 1.82) is 0 Å². The van der Waals surface area contributed by atoms with E-state index in [0.29, 0.717) is 6.42 Å². The van der Waals surface area contributed by atoms with E-state index in [1.165, 1.54) is 0 Å². The first-order chi connectivity index (χ1) is 9.88. The number of H-pyrrole nitrogens is 1. The molecule has 1 heterocycles. The van der Waals surface area contributed by atoms with E-state index in [2.05, 4.69) is 4.98 Å². The molecule has 0 aliphatic carbocycles. The van der Waals surface area contributed by atoms with Gasteiger partial charge in [-0.15, -0.1) is 0 Å². The molecule has 0 fully saturated rings. The number of benzene rings is 1. The van der Waals surface area contributed by atoms with Crippen LogP contribution >= 0.6 is 0 Å². The maximum Gasteiger partial charge on any atom is 0.217 e. The number of hydrogen-bond acceptors (Lipinski definition) is 2. The third kappa shape index (κ3) is 2.57. The van der Waals surface area contributed by atoms with Crippen LogP contribution in [0.4, 0.5) is 17.6 Å². The number of nitrogens with zero attached hydrogens (tertiary/aromatic N) is 1. The minimum absolute atomic E-state index is 0.0513. The molecule has 1 unspecified atom stereocenters. The van der Waals surface area contributed by atoms with Crippen molar-refractivity contribution in [2.45, 2.75) is 32.2 Å². The molecule has 2 rings (SSSR count). The van der Waals surface area contributed by atoms with Gasteiger partial charge in [-0.2, -0.15) is 0 Å². The third-order valence-electron chi connectivity index (χ3n) is 3.35. The van der Waals surface area contributed by atoms with Gasteiger partial charge < -0.3 is 4.98 Å². The average molecular weight is 304 g/mol. The maximum absolute atomic E-state index is 13.8. The number of rotatable bonds is 5. The molecule has 21 heavy (non-hydrogen) atoms. The van der Waals surface area contributed by atoms with Crippen molar-refractivity contribution in [2.75, 3.05) is 0 Å². The fourth-order valence-electron chi connectivity index (χ4n) is 2.33. The van der Waals surface area contributed by atoms with E-state index in [1.54, 1.807) is 6.92 Å². The highest BCUT2D eigenvalue weighted by Crippen LogP contribution is 2.30. The smallest absolute Gasteiger partial charge is 0.217 e. The number of halogens is 4. The van der Waals surface area contributed by atoms with Crippen molar-refractivity contribution >= 4 is 10.9 Å². The van der Waals surface area contributed by atoms with E-state index in [9.17, 15) is 27.7 Å². The van der Waals surface area contributed by atoms with Gasteiger partial charge >= 0.3 is 0 Å². The van der Waals surface area contributed by atoms with Crippen LogP contribution in [-0.2, 0) is 6.42 Å². The third-order valence-corrected chi connectivity index (χ3v) is 3.35. The normalized spacial score (nSPS) is 12.8. The average Bonchev–Trinajstić information content (AvgIpc) is 2.86. The van der Waals surface area contributed by atoms with Crippen LogP contribution in [0, 0.1) is 33.4 Å². The summed E-state index contributed by atoms with van der Waals surface area (Å²) in [6.07, 6.45) is 1.73. The summed E-state index contributed by atoms with van der Waals surface area (Å²) in [6, 6.07) is -0.996. The van der Waals surface area contributed by atoms with E-state index in [0.717, 1.165) is 6.20 Å². The molecule has 1 N–H and O–H groups in total. The number of fused-ring (bicyclic) bond motifs is 1. The minimum atomic E-state index is -1.92. The van der Waals surface area contributed by atoms with Gasteiger partial charge in [0.25, 0.3) is 0 Å². The molecule has 2 aromatic rings. The van der Waals surface area contributed by atoms with Gasteiger partial charge in [0.2, 0.25) is 6.04 Å². The van der Waals surface area contributed by atoms with Gasteiger partial charge in [-0.3, -0.25) is 10.1 Å². The minimum Gasteiger partial charge on any atom is -0.358 e. The molecule has 4 nitrogen and oxygen atoms in total. The lowest BCUT2D eigenvalue weighted by atomic mass is 10.0. The SMILES string of the molecule is CCCC(Cc1c[nH]c2c(F)c(F)c(F)c(F)c12)[N+](=O)[O-]. The zero-order valence-corrected chi connectivity index (χ0v) is 11.1. The fraction of sp³-hybridized carbons (Fsp3) is 0.385. The first-order valence-electron chi connectivity index (χ1n) is 6.33. The number of hydrogen-bond donors (Lipinski definition) is 1. The molecule has 1 atom stereocenters. The Bertz CT molecular complexity index is 699. The van der Waals surface area contributed by atoms with Gasteiger partial charge in [-0.05, 0) is 12.0 Å². The molecule has 0 aliphatic heterocycles. The highest BCUT2D eigenvalue weighted by molar-refractivity contribution is 5.84. The van der Waals surface area contributed by atoms with E-state index in [1.807, 2.05) is 0 Å². The Morgan fingerprint density at radius 3 is 2.38 bits per heavy atom. The Labute approximate surface area is 116 Å². The summed E-state index contributed by atoms with van der Waals surface area (Å²) >= 11 is 0. The quantitative estimate of drug-likeness (QED) is 0.301. The molecule has 8 heteroatoms. The molecule has 1 aromatic heterocycles. The van der Waals surface area contributed by atoms with Gasteiger partial charge in [-0.1, -0.05) is 6.92 Å². The summed E-state index contributed by atoms with van der Waals surface area (Å²) in [5, 5.41) is 10.4. The van der Waals surface area contributed by atoms with Crippen LogP contribution in [0.2, 0.25) is 0 Å².